The van der Waals surface area contributed by atoms with Crippen molar-refractivity contribution in [2.75, 3.05) is 18.5 Å². The predicted molar refractivity (Wildman–Crippen MR) is 103 cm³/mol. The van der Waals surface area contributed by atoms with Crippen molar-refractivity contribution in [2.45, 2.75) is 23.3 Å². The third-order valence-electron chi connectivity index (χ3n) is 4.46. The van der Waals surface area contributed by atoms with Crippen LogP contribution in [0.2, 0.25) is 5.02 Å². The molecule has 0 amide bonds. The summed E-state index contributed by atoms with van der Waals surface area (Å²) >= 11 is 6.12. The molecule has 28 heavy (non-hydrogen) atoms. The summed E-state index contributed by atoms with van der Waals surface area (Å²) < 4.78 is 33.3. The molecule has 10 nitrogen and oxygen atoms in total. The number of carbonyl (C=O) groups is 1. The Bertz CT molecular complexity index is 1050. The number of aromatic nitrogens is 1. The second kappa shape index (κ2) is 7.51. The molecule has 1 aliphatic rings. The van der Waals surface area contributed by atoms with E-state index in [1.165, 1.54) is 24.4 Å². The number of aliphatic carboxylic acids is 1. The number of ether oxygens (including phenoxy) is 1. The molecule has 0 atom stereocenters. The van der Waals surface area contributed by atoms with Gasteiger partial charge in [-0.05, 0) is 12.1 Å². The number of carboxylic acid groups (broad SMARTS) is 1. The lowest BCUT2D eigenvalue weighted by molar-refractivity contribution is -0.147. The summed E-state index contributed by atoms with van der Waals surface area (Å²) in [5.74, 6) is -1.48. The summed E-state index contributed by atoms with van der Waals surface area (Å²) in [6, 6.07) is 4.11. The maximum absolute atomic E-state index is 12.9. The lowest BCUT2D eigenvalue weighted by Gasteiger charge is -2.33. The van der Waals surface area contributed by atoms with Crippen LogP contribution in [0.5, 0.6) is 0 Å². The number of nitrogens with one attached hydrogen (secondary N) is 3. The number of rotatable bonds is 5. The molecule has 0 aliphatic carbocycles. The molecule has 2 aromatic rings. The van der Waals surface area contributed by atoms with Gasteiger partial charge in [-0.1, -0.05) is 17.7 Å². The van der Waals surface area contributed by atoms with Crippen LogP contribution in [0, 0.1) is 5.41 Å². The molecule has 1 aromatic carbocycles. The minimum absolute atomic E-state index is 0.0136. The van der Waals surface area contributed by atoms with E-state index < -0.39 is 21.5 Å². The zero-order valence-electron chi connectivity index (χ0n) is 14.5. The number of hydrogen-bond acceptors (Lipinski definition) is 6. The first-order valence-corrected chi connectivity index (χ1v) is 10.1. The van der Waals surface area contributed by atoms with Gasteiger partial charge in [0.2, 0.25) is 10.0 Å². The number of fused-ring (bicyclic) bond motifs is 1. The zero-order chi connectivity index (χ0) is 20.5. The summed E-state index contributed by atoms with van der Waals surface area (Å²) in [6.07, 6.45) is 1.38. The predicted octanol–water partition coefficient (Wildman–Crippen LogP) is 1.11. The number of guanidine groups is 1. The van der Waals surface area contributed by atoms with Crippen molar-refractivity contribution in [3.05, 3.63) is 29.4 Å². The number of nitrogens with zero attached hydrogens (tertiary/aromatic N) is 1. The van der Waals surface area contributed by atoms with E-state index in [1.807, 2.05) is 0 Å². The maximum Gasteiger partial charge on any atom is 0.325 e. The quantitative estimate of drug-likeness (QED) is 0.349. The van der Waals surface area contributed by atoms with Crippen molar-refractivity contribution in [2.24, 2.45) is 5.73 Å². The Labute approximate surface area is 165 Å². The van der Waals surface area contributed by atoms with Crippen molar-refractivity contribution in [3.63, 3.8) is 0 Å². The second-order valence-corrected chi connectivity index (χ2v) is 8.40. The van der Waals surface area contributed by atoms with Gasteiger partial charge in [-0.25, -0.2) is 13.4 Å². The molecule has 150 valence electrons. The fraction of sp³-hybridized carbons (Fsp3) is 0.312. The van der Waals surface area contributed by atoms with Gasteiger partial charge < -0.3 is 20.9 Å². The Balaban J connectivity index is 2.06. The highest BCUT2D eigenvalue weighted by atomic mass is 35.5. The highest BCUT2D eigenvalue weighted by Crippen LogP contribution is 2.31. The van der Waals surface area contributed by atoms with Crippen molar-refractivity contribution in [1.82, 2.24) is 9.71 Å². The van der Waals surface area contributed by atoms with Gasteiger partial charge in [0.25, 0.3) is 0 Å². The van der Waals surface area contributed by atoms with E-state index in [4.69, 9.17) is 27.5 Å². The fourth-order valence-corrected chi connectivity index (χ4v) is 4.64. The van der Waals surface area contributed by atoms with Crippen LogP contribution in [0.3, 0.4) is 0 Å². The first-order chi connectivity index (χ1) is 13.1. The van der Waals surface area contributed by atoms with Crippen LogP contribution in [0.25, 0.3) is 10.8 Å². The van der Waals surface area contributed by atoms with E-state index in [1.54, 1.807) is 0 Å². The average molecular weight is 428 g/mol. The van der Waals surface area contributed by atoms with Crippen molar-refractivity contribution < 1.29 is 23.1 Å². The molecule has 0 spiro atoms. The van der Waals surface area contributed by atoms with Gasteiger partial charge in [0.1, 0.15) is 11.4 Å². The third kappa shape index (κ3) is 3.87. The van der Waals surface area contributed by atoms with E-state index >= 15 is 0 Å². The first kappa shape index (κ1) is 20.3. The summed E-state index contributed by atoms with van der Waals surface area (Å²) in [6.45, 7) is 0.275. The van der Waals surface area contributed by atoms with Crippen LogP contribution in [0.4, 0.5) is 5.82 Å². The van der Waals surface area contributed by atoms with E-state index in [0.717, 1.165) is 0 Å². The molecule has 1 aliphatic heterocycles. The lowest BCUT2D eigenvalue weighted by Crippen LogP contribution is -2.57. The van der Waals surface area contributed by atoms with E-state index in [0.29, 0.717) is 10.8 Å². The van der Waals surface area contributed by atoms with Crippen molar-refractivity contribution in [3.8, 4) is 0 Å². The van der Waals surface area contributed by atoms with Crippen LogP contribution in [0.15, 0.2) is 29.3 Å². The van der Waals surface area contributed by atoms with Gasteiger partial charge in [0.15, 0.2) is 5.96 Å². The number of carboxylic acids is 1. The molecule has 6 N–H and O–H groups in total. The average Bonchev–Trinajstić information content (AvgIpc) is 2.64. The zero-order valence-corrected chi connectivity index (χ0v) is 16.1. The van der Waals surface area contributed by atoms with E-state index in [-0.39, 0.29) is 47.8 Å². The minimum Gasteiger partial charge on any atom is -0.480 e. The topological polar surface area (TPSA) is 167 Å². The number of benzene rings is 1. The first-order valence-electron chi connectivity index (χ1n) is 8.19. The van der Waals surface area contributed by atoms with Crippen molar-refractivity contribution >= 4 is 50.1 Å². The molecule has 12 heteroatoms. The molecular formula is C16H18ClN5O5S. The Morgan fingerprint density at radius 3 is 2.61 bits per heavy atom. The SMILES string of the molecule is N=C(N)Nc1ncc(Cl)c2ccc(S(=O)(=O)NC3(C(=O)O)CCOCC3)cc12. The van der Waals surface area contributed by atoms with Crippen molar-refractivity contribution in [1.29, 1.82) is 5.41 Å². The number of sulfonamides is 1. The molecule has 0 radical (unpaired) electrons. The van der Waals surface area contributed by atoms with Crippen LogP contribution >= 0.6 is 11.6 Å². The molecule has 0 saturated carbocycles. The smallest absolute Gasteiger partial charge is 0.325 e. The lowest BCUT2D eigenvalue weighted by atomic mass is 9.92. The molecule has 1 fully saturated rings. The Morgan fingerprint density at radius 2 is 2.00 bits per heavy atom. The highest BCUT2D eigenvalue weighted by molar-refractivity contribution is 7.89. The monoisotopic (exact) mass is 427 g/mol. The van der Waals surface area contributed by atoms with Crippen LogP contribution in [-0.4, -0.2) is 49.2 Å². The minimum atomic E-state index is -4.18. The van der Waals surface area contributed by atoms with Crippen LogP contribution in [0.1, 0.15) is 12.8 Å². The highest BCUT2D eigenvalue weighted by Gasteiger charge is 2.43. The summed E-state index contributed by atoms with van der Waals surface area (Å²) in [7, 11) is -4.18. The molecule has 3 rings (SSSR count). The van der Waals surface area contributed by atoms with Gasteiger partial charge in [0, 0.05) is 43.0 Å². The number of halogens is 1. The molecule has 0 bridgehead atoms. The van der Waals surface area contributed by atoms with Gasteiger partial charge in [-0.3, -0.25) is 10.2 Å². The number of pyridine rings is 1. The molecular weight excluding hydrogens is 410 g/mol. The summed E-state index contributed by atoms with van der Waals surface area (Å²) in [5, 5.41) is 20.6. The van der Waals surface area contributed by atoms with Crippen LogP contribution in [-0.2, 0) is 19.6 Å². The maximum atomic E-state index is 12.9. The molecule has 2 heterocycles. The third-order valence-corrected chi connectivity index (χ3v) is 6.29. The molecule has 0 unspecified atom stereocenters. The normalized spacial score (nSPS) is 16.6. The Morgan fingerprint density at radius 1 is 1.32 bits per heavy atom. The van der Waals surface area contributed by atoms with E-state index in [2.05, 4.69) is 15.0 Å². The number of nitrogens with two attached hydrogens (primary N) is 1. The van der Waals surface area contributed by atoms with E-state index in [9.17, 15) is 18.3 Å². The molecule has 1 aromatic heterocycles. The van der Waals surface area contributed by atoms with Crippen LogP contribution < -0.4 is 15.8 Å². The molecule has 1 saturated heterocycles. The van der Waals surface area contributed by atoms with Gasteiger partial charge in [-0.2, -0.15) is 4.72 Å². The van der Waals surface area contributed by atoms with Gasteiger partial charge in [0.05, 0.1) is 9.92 Å². The summed E-state index contributed by atoms with van der Waals surface area (Å²) in [4.78, 5) is 15.6. The fourth-order valence-electron chi connectivity index (χ4n) is 2.98. The van der Waals surface area contributed by atoms with Gasteiger partial charge >= 0.3 is 5.97 Å². The second-order valence-electron chi connectivity index (χ2n) is 6.31. The summed E-state index contributed by atoms with van der Waals surface area (Å²) in [5.41, 5.74) is 3.70. The van der Waals surface area contributed by atoms with Gasteiger partial charge in [-0.15, -0.1) is 0 Å². The standard InChI is InChI=1S/C16H18ClN5O5S/c17-12-8-20-13(21-15(18)19)11-7-9(1-2-10(11)12)28(25,26)22-16(14(23)24)3-5-27-6-4-16/h1-2,7-8,22H,3-6H2,(H,23,24)(H4,18,19,20,21). The largest absolute Gasteiger partial charge is 0.480 e. The Kier molecular flexibility index (Phi) is 5.44. The Hall–Kier alpha value is -2.47. The number of hydrogen-bond donors (Lipinski definition) is 5. The number of anilines is 1.